The van der Waals surface area contributed by atoms with Crippen LogP contribution in [0.15, 0.2) is 48.5 Å². The summed E-state index contributed by atoms with van der Waals surface area (Å²) in [6, 6.07) is 14.0. The second-order valence-electron chi connectivity index (χ2n) is 6.47. The number of nitrogens with one attached hydrogen (secondary N) is 2. The largest absolute Gasteiger partial charge is 0.480 e. The van der Waals surface area contributed by atoms with Crippen molar-refractivity contribution in [1.29, 1.82) is 0 Å². The molecule has 0 bridgehead atoms. The van der Waals surface area contributed by atoms with E-state index in [0.29, 0.717) is 11.3 Å². The Bertz CT molecular complexity index is 831. The van der Waals surface area contributed by atoms with Crippen molar-refractivity contribution in [2.45, 2.75) is 19.9 Å². The molecule has 2 aromatic rings. The number of benzene rings is 2. The zero-order valence-electron chi connectivity index (χ0n) is 15.5. The molecule has 0 saturated heterocycles. The quantitative estimate of drug-likeness (QED) is 0.729. The highest BCUT2D eigenvalue weighted by Crippen LogP contribution is 2.23. The van der Waals surface area contributed by atoms with Crippen molar-refractivity contribution in [3.05, 3.63) is 54.1 Å². The van der Waals surface area contributed by atoms with Crippen molar-refractivity contribution in [2.75, 3.05) is 18.9 Å². The molecule has 0 aromatic heterocycles. The Morgan fingerprint density at radius 1 is 1.04 bits per heavy atom. The summed E-state index contributed by atoms with van der Waals surface area (Å²) >= 11 is 0. The summed E-state index contributed by atoms with van der Waals surface area (Å²) in [6.07, 6.45) is 0. The molecule has 7 nitrogen and oxygen atoms in total. The highest BCUT2D eigenvalue weighted by Gasteiger charge is 2.14. The zero-order chi connectivity index (χ0) is 20.0. The molecule has 0 atom stereocenters. The number of rotatable bonds is 6. The highest BCUT2D eigenvalue weighted by molar-refractivity contribution is 5.96. The Hall–Kier alpha value is -3.35. The molecule has 0 radical (unpaired) electrons. The number of carbonyl (C=O) groups excluding carboxylic acids is 2. The van der Waals surface area contributed by atoms with Gasteiger partial charge < -0.3 is 20.6 Å². The van der Waals surface area contributed by atoms with Crippen LogP contribution in [-0.4, -0.2) is 47.5 Å². The van der Waals surface area contributed by atoms with Crippen LogP contribution in [-0.2, 0) is 4.79 Å². The van der Waals surface area contributed by atoms with Crippen molar-refractivity contribution < 1.29 is 19.5 Å². The van der Waals surface area contributed by atoms with Crippen LogP contribution in [0.5, 0.6) is 0 Å². The van der Waals surface area contributed by atoms with E-state index < -0.39 is 5.97 Å². The number of aliphatic carboxylic acids is 1. The number of hydrogen-bond donors (Lipinski definition) is 3. The summed E-state index contributed by atoms with van der Waals surface area (Å²) in [5, 5.41) is 14.3. The van der Waals surface area contributed by atoms with Crippen LogP contribution >= 0.6 is 0 Å². The first-order chi connectivity index (χ1) is 12.8. The Kier molecular flexibility index (Phi) is 6.54. The standard InChI is InChI=1S/C20H23N3O4/c1-13(2)21-20(27)22-17-6-4-5-16(11-17)14-7-9-15(10-8-14)19(26)23(3)12-18(24)25/h4-11,13H,12H2,1-3H3,(H,24,25)(H2,21,22,27). The Morgan fingerprint density at radius 3 is 2.30 bits per heavy atom. The lowest BCUT2D eigenvalue weighted by molar-refractivity contribution is -0.137. The minimum absolute atomic E-state index is 0.0394. The minimum Gasteiger partial charge on any atom is -0.480 e. The van der Waals surface area contributed by atoms with Crippen LogP contribution in [0.1, 0.15) is 24.2 Å². The Balaban J connectivity index is 2.13. The lowest BCUT2D eigenvalue weighted by Crippen LogP contribution is -2.34. The minimum atomic E-state index is -1.06. The zero-order valence-corrected chi connectivity index (χ0v) is 15.5. The fourth-order valence-corrected chi connectivity index (χ4v) is 2.51. The monoisotopic (exact) mass is 369 g/mol. The maximum atomic E-state index is 12.2. The molecule has 0 unspecified atom stereocenters. The van der Waals surface area contributed by atoms with E-state index in [4.69, 9.17) is 5.11 Å². The van der Waals surface area contributed by atoms with Crippen LogP contribution in [0, 0.1) is 0 Å². The summed E-state index contributed by atoms with van der Waals surface area (Å²) in [7, 11) is 1.45. The van der Waals surface area contributed by atoms with Crippen LogP contribution in [0.25, 0.3) is 11.1 Å². The summed E-state index contributed by atoms with van der Waals surface area (Å²) in [5.74, 6) is -1.42. The lowest BCUT2D eigenvalue weighted by atomic mass is 10.0. The molecule has 0 aliphatic carbocycles. The second-order valence-corrected chi connectivity index (χ2v) is 6.47. The van der Waals surface area contributed by atoms with Gasteiger partial charge in [-0.05, 0) is 49.2 Å². The molecule has 0 saturated carbocycles. The fourth-order valence-electron chi connectivity index (χ4n) is 2.51. The van der Waals surface area contributed by atoms with Gasteiger partial charge in [0.25, 0.3) is 5.91 Å². The molecule has 0 aliphatic rings. The summed E-state index contributed by atoms with van der Waals surface area (Å²) < 4.78 is 0. The molecule has 3 N–H and O–H groups in total. The number of anilines is 1. The van der Waals surface area contributed by atoms with E-state index in [1.54, 1.807) is 30.3 Å². The predicted molar refractivity (Wildman–Crippen MR) is 104 cm³/mol. The van der Waals surface area contributed by atoms with Gasteiger partial charge in [-0.1, -0.05) is 24.3 Å². The molecule has 0 heterocycles. The van der Waals surface area contributed by atoms with Crippen molar-refractivity contribution in [1.82, 2.24) is 10.2 Å². The van der Waals surface area contributed by atoms with Gasteiger partial charge in [0.2, 0.25) is 0 Å². The van der Waals surface area contributed by atoms with E-state index in [2.05, 4.69) is 10.6 Å². The van der Waals surface area contributed by atoms with Crippen molar-refractivity contribution in [2.24, 2.45) is 0 Å². The Morgan fingerprint density at radius 2 is 1.70 bits per heavy atom. The summed E-state index contributed by atoms with van der Waals surface area (Å²) in [5.41, 5.74) is 2.83. The van der Waals surface area contributed by atoms with Gasteiger partial charge in [0.1, 0.15) is 6.54 Å². The van der Waals surface area contributed by atoms with E-state index in [0.717, 1.165) is 16.0 Å². The number of carboxylic acids is 1. The van der Waals surface area contributed by atoms with Crippen molar-refractivity contribution >= 4 is 23.6 Å². The summed E-state index contributed by atoms with van der Waals surface area (Å²) in [6.45, 7) is 3.41. The molecule has 2 aromatic carbocycles. The molecule has 0 aliphatic heterocycles. The maximum Gasteiger partial charge on any atom is 0.323 e. The molecule has 7 heteroatoms. The fraction of sp³-hybridized carbons (Fsp3) is 0.250. The van der Waals surface area contributed by atoms with Crippen LogP contribution in [0.4, 0.5) is 10.5 Å². The number of carbonyl (C=O) groups is 3. The molecule has 3 amide bonds. The SMILES string of the molecule is CC(C)NC(=O)Nc1cccc(-c2ccc(C(=O)N(C)CC(=O)O)cc2)c1. The molecule has 0 spiro atoms. The number of nitrogens with zero attached hydrogens (tertiary/aromatic N) is 1. The van der Waals surface area contributed by atoms with Gasteiger partial charge in [-0.3, -0.25) is 9.59 Å². The van der Waals surface area contributed by atoms with Gasteiger partial charge in [-0.15, -0.1) is 0 Å². The molecule has 142 valence electrons. The van der Waals surface area contributed by atoms with E-state index >= 15 is 0 Å². The number of hydrogen-bond acceptors (Lipinski definition) is 3. The third-order valence-corrected chi connectivity index (χ3v) is 3.72. The molecular formula is C20H23N3O4. The van der Waals surface area contributed by atoms with Crippen LogP contribution < -0.4 is 10.6 Å². The smallest absolute Gasteiger partial charge is 0.323 e. The number of urea groups is 1. The van der Waals surface area contributed by atoms with Crippen LogP contribution in [0.3, 0.4) is 0 Å². The third kappa shape index (κ3) is 5.85. The first kappa shape index (κ1) is 20.0. The molecular weight excluding hydrogens is 346 g/mol. The van der Waals surface area contributed by atoms with Gasteiger partial charge in [0, 0.05) is 24.3 Å². The van der Waals surface area contributed by atoms with Crippen molar-refractivity contribution in [3.63, 3.8) is 0 Å². The predicted octanol–water partition coefficient (Wildman–Crippen LogP) is 3.04. The van der Waals surface area contributed by atoms with Gasteiger partial charge in [-0.2, -0.15) is 0 Å². The summed E-state index contributed by atoms with van der Waals surface area (Å²) in [4.78, 5) is 35.9. The first-order valence-electron chi connectivity index (χ1n) is 8.51. The first-order valence-corrected chi connectivity index (χ1v) is 8.51. The number of amides is 3. The van der Waals surface area contributed by atoms with Gasteiger partial charge in [-0.25, -0.2) is 4.79 Å². The molecule has 27 heavy (non-hydrogen) atoms. The highest BCUT2D eigenvalue weighted by atomic mass is 16.4. The average molecular weight is 369 g/mol. The second kappa shape index (κ2) is 8.84. The number of carboxylic acid groups (broad SMARTS) is 1. The molecule has 0 fully saturated rings. The maximum absolute atomic E-state index is 12.2. The van der Waals surface area contributed by atoms with Crippen molar-refractivity contribution in [3.8, 4) is 11.1 Å². The van der Waals surface area contributed by atoms with E-state index in [9.17, 15) is 14.4 Å². The van der Waals surface area contributed by atoms with E-state index in [1.165, 1.54) is 7.05 Å². The lowest BCUT2D eigenvalue weighted by Gasteiger charge is -2.15. The van der Waals surface area contributed by atoms with Crippen LogP contribution in [0.2, 0.25) is 0 Å². The third-order valence-electron chi connectivity index (χ3n) is 3.72. The van der Waals surface area contributed by atoms with Gasteiger partial charge in [0.05, 0.1) is 0 Å². The normalized spacial score (nSPS) is 10.4. The Labute approximate surface area is 158 Å². The number of likely N-dealkylation sites (N-methyl/N-ethyl adjacent to an activating group) is 1. The van der Waals surface area contributed by atoms with E-state index in [1.807, 2.05) is 32.0 Å². The van der Waals surface area contributed by atoms with E-state index in [-0.39, 0.29) is 24.5 Å². The average Bonchev–Trinajstić information content (AvgIpc) is 2.60. The molecule has 2 rings (SSSR count). The van der Waals surface area contributed by atoms with Gasteiger partial charge >= 0.3 is 12.0 Å². The topological polar surface area (TPSA) is 98.7 Å². The van der Waals surface area contributed by atoms with Gasteiger partial charge in [0.15, 0.2) is 0 Å².